The van der Waals surface area contributed by atoms with Crippen LogP contribution in [0.2, 0.25) is 0 Å². The summed E-state index contributed by atoms with van der Waals surface area (Å²) in [6.45, 7) is 5.38. The highest BCUT2D eigenvalue weighted by atomic mass is 35.5. The minimum Gasteiger partial charge on any atom is -0.316 e. The van der Waals surface area contributed by atoms with Gasteiger partial charge >= 0.3 is 0 Å². The van der Waals surface area contributed by atoms with Crippen LogP contribution in [0.15, 0.2) is 0 Å². The number of piperidine rings is 1. The van der Waals surface area contributed by atoms with E-state index in [9.17, 15) is 8.42 Å². The van der Waals surface area contributed by atoms with E-state index in [0.29, 0.717) is 30.8 Å². The number of rotatable bonds is 7. The van der Waals surface area contributed by atoms with Gasteiger partial charge in [-0.25, -0.2) is 12.7 Å². The van der Waals surface area contributed by atoms with Crippen molar-refractivity contribution in [2.24, 2.45) is 11.8 Å². The van der Waals surface area contributed by atoms with Gasteiger partial charge in [0.25, 0.3) is 0 Å². The van der Waals surface area contributed by atoms with Gasteiger partial charge in [-0.1, -0.05) is 6.92 Å². The van der Waals surface area contributed by atoms with Gasteiger partial charge in [-0.2, -0.15) is 0 Å². The molecule has 4 nitrogen and oxygen atoms in total. The first-order chi connectivity index (χ1) is 8.43. The molecule has 0 spiro atoms. The van der Waals surface area contributed by atoms with Gasteiger partial charge in [0.15, 0.2) is 0 Å². The lowest BCUT2D eigenvalue weighted by Gasteiger charge is -2.31. The summed E-state index contributed by atoms with van der Waals surface area (Å²) in [4.78, 5) is 0. The zero-order valence-corrected chi connectivity index (χ0v) is 12.9. The van der Waals surface area contributed by atoms with Crippen LogP contribution >= 0.6 is 11.6 Å². The Morgan fingerprint density at radius 1 is 1.50 bits per heavy atom. The Bertz CT molecular complexity index is 335. The van der Waals surface area contributed by atoms with Crippen LogP contribution in [0.4, 0.5) is 0 Å². The minimum atomic E-state index is -3.02. The van der Waals surface area contributed by atoms with Crippen molar-refractivity contribution in [2.75, 3.05) is 38.3 Å². The van der Waals surface area contributed by atoms with Gasteiger partial charge in [0.1, 0.15) is 0 Å². The zero-order chi connectivity index (χ0) is 13.6. The van der Waals surface area contributed by atoms with Crippen LogP contribution in [0.5, 0.6) is 0 Å². The Hall–Kier alpha value is 0.160. The van der Waals surface area contributed by atoms with Crippen molar-refractivity contribution in [2.45, 2.75) is 26.2 Å². The summed E-state index contributed by atoms with van der Waals surface area (Å²) in [5.74, 6) is 1.72. The van der Waals surface area contributed by atoms with E-state index in [-0.39, 0.29) is 0 Å². The van der Waals surface area contributed by atoms with Crippen molar-refractivity contribution in [1.29, 1.82) is 0 Å². The van der Waals surface area contributed by atoms with Crippen LogP contribution in [0.1, 0.15) is 26.2 Å². The third-order valence-electron chi connectivity index (χ3n) is 3.48. The zero-order valence-electron chi connectivity index (χ0n) is 11.4. The standard InChI is InChI=1S/C12H25ClN2O2S/c1-11(5-6-13)8-14-9-12-4-3-7-15(10-12)18(2,16)17/h11-12,14H,3-10H2,1-2H3. The van der Waals surface area contributed by atoms with Crippen molar-refractivity contribution in [3.8, 4) is 0 Å². The van der Waals surface area contributed by atoms with Gasteiger partial charge in [0.05, 0.1) is 6.26 Å². The molecule has 1 saturated heterocycles. The number of nitrogens with one attached hydrogen (secondary N) is 1. The molecule has 2 atom stereocenters. The molecule has 1 N–H and O–H groups in total. The van der Waals surface area contributed by atoms with E-state index >= 15 is 0 Å². The topological polar surface area (TPSA) is 49.4 Å². The molecule has 0 saturated carbocycles. The van der Waals surface area contributed by atoms with E-state index in [1.54, 1.807) is 4.31 Å². The Morgan fingerprint density at radius 2 is 2.22 bits per heavy atom. The van der Waals surface area contributed by atoms with Crippen LogP contribution in [-0.2, 0) is 10.0 Å². The molecule has 1 aliphatic rings. The largest absolute Gasteiger partial charge is 0.316 e. The first-order valence-electron chi connectivity index (χ1n) is 6.65. The summed E-state index contributed by atoms with van der Waals surface area (Å²) < 4.78 is 24.6. The van der Waals surface area contributed by atoms with Crippen LogP contribution < -0.4 is 5.32 Å². The second-order valence-corrected chi connectivity index (χ2v) is 7.73. The van der Waals surface area contributed by atoms with Crippen molar-refractivity contribution >= 4 is 21.6 Å². The van der Waals surface area contributed by atoms with Gasteiger partial charge in [-0.05, 0) is 44.2 Å². The molecule has 108 valence electrons. The Morgan fingerprint density at radius 3 is 2.83 bits per heavy atom. The summed E-state index contributed by atoms with van der Waals surface area (Å²) in [6, 6.07) is 0. The molecule has 0 aromatic carbocycles. The fourth-order valence-corrected chi connectivity index (χ4v) is 3.63. The lowest BCUT2D eigenvalue weighted by atomic mass is 9.99. The molecule has 6 heteroatoms. The van der Waals surface area contributed by atoms with Crippen molar-refractivity contribution in [3.05, 3.63) is 0 Å². The smallest absolute Gasteiger partial charge is 0.211 e. The van der Waals surface area contributed by atoms with E-state index in [2.05, 4.69) is 12.2 Å². The summed E-state index contributed by atoms with van der Waals surface area (Å²) in [6.07, 6.45) is 4.40. The second-order valence-electron chi connectivity index (χ2n) is 5.37. The highest BCUT2D eigenvalue weighted by Crippen LogP contribution is 2.18. The van der Waals surface area contributed by atoms with Gasteiger partial charge in [0.2, 0.25) is 10.0 Å². The van der Waals surface area contributed by atoms with Crippen LogP contribution in [0.3, 0.4) is 0 Å². The first-order valence-corrected chi connectivity index (χ1v) is 9.03. The quantitative estimate of drug-likeness (QED) is 0.725. The highest BCUT2D eigenvalue weighted by Gasteiger charge is 2.25. The molecule has 0 aromatic heterocycles. The maximum Gasteiger partial charge on any atom is 0.211 e. The minimum absolute atomic E-state index is 0.441. The van der Waals surface area contributed by atoms with E-state index < -0.39 is 10.0 Å². The molecular weight excluding hydrogens is 272 g/mol. The van der Waals surface area contributed by atoms with Crippen LogP contribution in [0, 0.1) is 11.8 Å². The summed E-state index contributed by atoms with van der Waals surface area (Å²) in [7, 11) is -3.02. The van der Waals surface area contributed by atoms with E-state index in [0.717, 1.165) is 32.4 Å². The summed E-state index contributed by atoms with van der Waals surface area (Å²) in [5, 5.41) is 3.43. The predicted octanol–water partition coefficient (Wildman–Crippen LogP) is 1.51. The number of hydrogen-bond acceptors (Lipinski definition) is 3. The first kappa shape index (κ1) is 16.2. The third kappa shape index (κ3) is 5.87. The molecule has 0 bridgehead atoms. The van der Waals surface area contributed by atoms with E-state index in [1.807, 2.05) is 0 Å². The lowest BCUT2D eigenvalue weighted by Crippen LogP contribution is -2.42. The molecule has 0 amide bonds. The molecular formula is C12H25ClN2O2S. The summed E-state index contributed by atoms with van der Waals surface area (Å²) >= 11 is 5.69. The average molecular weight is 297 g/mol. The number of hydrogen-bond donors (Lipinski definition) is 1. The normalized spacial score (nSPS) is 24.1. The van der Waals surface area contributed by atoms with Crippen molar-refractivity contribution < 1.29 is 8.42 Å². The second kappa shape index (κ2) is 7.68. The van der Waals surface area contributed by atoms with Crippen LogP contribution in [0.25, 0.3) is 0 Å². The molecule has 1 rings (SSSR count). The van der Waals surface area contributed by atoms with Crippen LogP contribution in [-0.4, -0.2) is 51.0 Å². The maximum atomic E-state index is 11.5. The van der Waals surface area contributed by atoms with Gasteiger partial charge in [-0.3, -0.25) is 0 Å². The average Bonchev–Trinajstić information content (AvgIpc) is 2.29. The van der Waals surface area contributed by atoms with Crippen molar-refractivity contribution in [3.63, 3.8) is 0 Å². The Labute approximate surface area is 116 Å². The fourth-order valence-electron chi connectivity index (χ4n) is 2.32. The Kier molecular flexibility index (Phi) is 6.92. The van der Waals surface area contributed by atoms with Gasteiger partial charge in [-0.15, -0.1) is 11.6 Å². The Balaban J connectivity index is 2.26. The maximum absolute atomic E-state index is 11.5. The predicted molar refractivity (Wildman–Crippen MR) is 76.5 cm³/mol. The summed E-state index contributed by atoms with van der Waals surface area (Å²) in [5.41, 5.74) is 0. The molecule has 1 heterocycles. The molecule has 0 aliphatic carbocycles. The van der Waals surface area contributed by atoms with Crippen molar-refractivity contribution in [1.82, 2.24) is 9.62 Å². The molecule has 0 radical (unpaired) electrons. The molecule has 2 unspecified atom stereocenters. The number of halogens is 1. The number of alkyl halides is 1. The molecule has 18 heavy (non-hydrogen) atoms. The van der Waals surface area contributed by atoms with E-state index in [4.69, 9.17) is 11.6 Å². The number of sulfonamides is 1. The van der Waals surface area contributed by atoms with E-state index in [1.165, 1.54) is 6.26 Å². The SMILES string of the molecule is CC(CCCl)CNCC1CCCN(S(C)(=O)=O)C1. The third-order valence-corrected chi connectivity index (χ3v) is 4.97. The monoisotopic (exact) mass is 296 g/mol. The fraction of sp³-hybridized carbons (Fsp3) is 1.00. The van der Waals surface area contributed by atoms with Gasteiger partial charge in [0, 0.05) is 19.0 Å². The molecule has 1 fully saturated rings. The lowest BCUT2D eigenvalue weighted by molar-refractivity contribution is 0.258. The van der Waals surface area contributed by atoms with Gasteiger partial charge < -0.3 is 5.32 Å². The highest BCUT2D eigenvalue weighted by molar-refractivity contribution is 7.88. The molecule has 0 aromatic rings. The number of nitrogens with zero attached hydrogens (tertiary/aromatic N) is 1. The molecule has 1 aliphatic heterocycles.